The SMILES string of the molecule is CNS(=O)(=O)c1ccc(C(C)=NNc2nc(Nc3ccccc3)nc(-n3cc(-c4ccncc4)cn3)c2-c2ccc3c(c2)OCO3)cc1. The molecule has 0 bridgehead atoms. The minimum absolute atomic E-state index is 0.125. The van der Waals surface area contributed by atoms with Crippen LogP contribution in [0.1, 0.15) is 12.5 Å². The zero-order chi connectivity index (χ0) is 33.1. The molecule has 0 saturated heterocycles. The molecule has 14 heteroatoms. The Bertz CT molecular complexity index is 2230. The average Bonchev–Trinajstić information content (AvgIpc) is 3.82. The molecule has 3 N–H and O–H groups in total. The lowest BCUT2D eigenvalue weighted by atomic mass is 10.1. The highest BCUT2D eigenvalue weighted by Gasteiger charge is 2.23. The molecule has 0 spiro atoms. The van der Waals surface area contributed by atoms with Gasteiger partial charge in [0.25, 0.3) is 0 Å². The number of para-hydroxylation sites is 1. The summed E-state index contributed by atoms with van der Waals surface area (Å²) in [5, 5.41) is 12.6. The van der Waals surface area contributed by atoms with Gasteiger partial charge in [0.2, 0.25) is 22.8 Å². The van der Waals surface area contributed by atoms with Crippen molar-refractivity contribution in [3.63, 3.8) is 0 Å². The summed E-state index contributed by atoms with van der Waals surface area (Å²) >= 11 is 0. The zero-order valence-corrected chi connectivity index (χ0v) is 26.6. The van der Waals surface area contributed by atoms with Crippen LogP contribution < -0.4 is 24.9 Å². The van der Waals surface area contributed by atoms with Crippen LogP contribution in [-0.2, 0) is 10.0 Å². The number of rotatable bonds is 10. The second-order valence-electron chi connectivity index (χ2n) is 10.6. The molecular weight excluding hydrogens is 631 g/mol. The van der Waals surface area contributed by atoms with Gasteiger partial charge in [-0.2, -0.15) is 20.2 Å². The molecule has 0 atom stereocenters. The van der Waals surface area contributed by atoms with Gasteiger partial charge < -0.3 is 14.8 Å². The summed E-state index contributed by atoms with van der Waals surface area (Å²) in [5.74, 6) is 2.38. The van der Waals surface area contributed by atoms with Crippen molar-refractivity contribution in [1.29, 1.82) is 0 Å². The van der Waals surface area contributed by atoms with E-state index < -0.39 is 10.0 Å². The van der Waals surface area contributed by atoms with Gasteiger partial charge in [0.1, 0.15) is 0 Å². The number of anilines is 3. The van der Waals surface area contributed by atoms with Crippen LogP contribution in [0.15, 0.2) is 120 Å². The van der Waals surface area contributed by atoms with Gasteiger partial charge >= 0.3 is 0 Å². The van der Waals surface area contributed by atoms with Crippen molar-refractivity contribution >= 4 is 33.2 Å². The molecule has 240 valence electrons. The van der Waals surface area contributed by atoms with E-state index in [9.17, 15) is 8.42 Å². The predicted octanol–water partition coefficient (Wildman–Crippen LogP) is 5.61. The van der Waals surface area contributed by atoms with E-state index in [1.54, 1.807) is 35.4 Å². The van der Waals surface area contributed by atoms with Crippen molar-refractivity contribution in [3.8, 4) is 39.6 Å². The molecule has 13 nitrogen and oxygen atoms in total. The minimum atomic E-state index is -3.57. The fourth-order valence-corrected chi connectivity index (χ4v) is 5.78. The van der Waals surface area contributed by atoms with Crippen molar-refractivity contribution in [2.45, 2.75) is 11.8 Å². The Balaban J connectivity index is 1.36. The van der Waals surface area contributed by atoms with Crippen molar-refractivity contribution in [3.05, 3.63) is 115 Å². The van der Waals surface area contributed by atoms with E-state index >= 15 is 0 Å². The Labute approximate surface area is 276 Å². The fourth-order valence-electron chi connectivity index (χ4n) is 5.05. The topological polar surface area (TPSA) is 158 Å². The molecule has 1 aliphatic heterocycles. The summed E-state index contributed by atoms with van der Waals surface area (Å²) in [4.78, 5) is 14.1. The Hall–Kier alpha value is -6.12. The van der Waals surface area contributed by atoms with Crippen LogP contribution >= 0.6 is 0 Å². The summed E-state index contributed by atoms with van der Waals surface area (Å²) in [5.41, 5.74) is 8.41. The summed E-state index contributed by atoms with van der Waals surface area (Å²) < 4.78 is 39.8. The number of pyridine rings is 1. The first kappa shape index (κ1) is 30.5. The minimum Gasteiger partial charge on any atom is -0.454 e. The second-order valence-corrected chi connectivity index (χ2v) is 12.5. The normalized spacial score (nSPS) is 12.6. The van der Waals surface area contributed by atoms with E-state index in [1.165, 1.54) is 19.2 Å². The molecule has 0 amide bonds. The molecule has 0 unspecified atom stereocenters. The summed E-state index contributed by atoms with van der Waals surface area (Å²) in [7, 11) is -2.20. The lowest BCUT2D eigenvalue weighted by Crippen LogP contribution is -2.18. The predicted molar refractivity (Wildman–Crippen MR) is 182 cm³/mol. The number of fused-ring (bicyclic) bond motifs is 1. The van der Waals surface area contributed by atoms with Gasteiger partial charge in [-0.15, -0.1) is 0 Å². The first-order chi connectivity index (χ1) is 23.4. The Kier molecular flexibility index (Phi) is 8.23. The zero-order valence-electron chi connectivity index (χ0n) is 25.8. The molecule has 7 rings (SSSR count). The van der Waals surface area contributed by atoms with E-state index in [0.717, 1.165) is 22.4 Å². The average molecular weight is 660 g/mol. The molecule has 48 heavy (non-hydrogen) atoms. The number of hydrazone groups is 1. The first-order valence-electron chi connectivity index (χ1n) is 14.8. The van der Waals surface area contributed by atoms with E-state index in [0.29, 0.717) is 45.9 Å². The molecule has 0 saturated carbocycles. The van der Waals surface area contributed by atoms with Crippen LogP contribution in [0.4, 0.5) is 17.5 Å². The highest BCUT2D eigenvalue weighted by Crippen LogP contribution is 2.40. The summed E-state index contributed by atoms with van der Waals surface area (Å²) in [6.07, 6.45) is 7.11. The molecule has 3 aromatic carbocycles. The standard InChI is InChI=1S/C34H29N9O4S/c1-22(23-8-11-28(12-9-23)48(44,45)35-2)41-42-32-31(25-10-13-29-30(18-25)47-21-46-29)33(40-34(39-32)38-27-6-4-3-5-7-27)43-20-26(19-37-43)24-14-16-36-17-15-24/h3-20,35H,21H2,1-2H3,(H2,38,39,40,42). The monoisotopic (exact) mass is 659 g/mol. The van der Waals surface area contributed by atoms with Gasteiger partial charge in [-0.05, 0) is 79.2 Å². The number of nitrogens with one attached hydrogen (secondary N) is 3. The van der Waals surface area contributed by atoms with Crippen LogP contribution in [0.5, 0.6) is 11.5 Å². The third-order valence-corrected chi connectivity index (χ3v) is 9.01. The smallest absolute Gasteiger partial charge is 0.240 e. The van der Waals surface area contributed by atoms with Gasteiger partial charge in [0.05, 0.1) is 22.4 Å². The van der Waals surface area contributed by atoms with E-state index in [4.69, 9.17) is 24.5 Å². The molecule has 0 radical (unpaired) electrons. The number of hydrogen-bond acceptors (Lipinski definition) is 11. The van der Waals surface area contributed by atoms with Crippen LogP contribution in [-0.4, -0.2) is 52.7 Å². The highest BCUT2D eigenvalue weighted by molar-refractivity contribution is 7.89. The van der Waals surface area contributed by atoms with Crippen LogP contribution in [0.25, 0.3) is 28.1 Å². The van der Waals surface area contributed by atoms with Gasteiger partial charge in [-0.1, -0.05) is 36.4 Å². The van der Waals surface area contributed by atoms with Gasteiger partial charge in [0, 0.05) is 29.8 Å². The van der Waals surface area contributed by atoms with Crippen LogP contribution in [0.2, 0.25) is 0 Å². The van der Waals surface area contributed by atoms with E-state index in [-0.39, 0.29) is 11.7 Å². The number of nitrogens with zero attached hydrogens (tertiary/aromatic N) is 6. The number of hydrogen-bond donors (Lipinski definition) is 3. The Morgan fingerprint density at radius 2 is 1.65 bits per heavy atom. The Morgan fingerprint density at radius 1 is 0.875 bits per heavy atom. The highest BCUT2D eigenvalue weighted by atomic mass is 32.2. The number of sulfonamides is 1. The van der Waals surface area contributed by atoms with Crippen molar-refractivity contribution < 1.29 is 17.9 Å². The number of benzene rings is 3. The Morgan fingerprint density at radius 3 is 2.42 bits per heavy atom. The molecule has 4 heterocycles. The molecule has 0 aliphatic carbocycles. The fraction of sp³-hybridized carbons (Fsp3) is 0.0882. The third kappa shape index (κ3) is 6.29. The lowest BCUT2D eigenvalue weighted by Gasteiger charge is -2.16. The molecule has 1 aliphatic rings. The van der Waals surface area contributed by atoms with Crippen molar-refractivity contribution in [2.75, 3.05) is 24.6 Å². The first-order valence-corrected chi connectivity index (χ1v) is 16.3. The maximum atomic E-state index is 12.2. The third-order valence-electron chi connectivity index (χ3n) is 7.57. The summed E-state index contributed by atoms with van der Waals surface area (Å²) in [6, 6.07) is 25.5. The van der Waals surface area contributed by atoms with E-state index in [2.05, 4.69) is 25.6 Å². The van der Waals surface area contributed by atoms with Gasteiger partial charge in [-0.3, -0.25) is 10.4 Å². The van der Waals surface area contributed by atoms with E-state index in [1.807, 2.05) is 73.8 Å². The maximum Gasteiger partial charge on any atom is 0.240 e. The van der Waals surface area contributed by atoms with Gasteiger partial charge in [-0.25, -0.2) is 17.8 Å². The number of ether oxygens (including phenoxy) is 2. The molecular formula is C34H29N9O4S. The van der Waals surface area contributed by atoms with Gasteiger partial charge in [0.15, 0.2) is 23.1 Å². The van der Waals surface area contributed by atoms with Crippen LogP contribution in [0.3, 0.4) is 0 Å². The second kappa shape index (κ2) is 12.9. The lowest BCUT2D eigenvalue weighted by molar-refractivity contribution is 0.174. The van der Waals surface area contributed by atoms with Crippen molar-refractivity contribution in [1.82, 2.24) is 29.5 Å². The molecule has 3 aromatic heterocycles. The molecule has 0 fully saturated rings. The number of aromatic nitrogens is 5. The maximum absolute atomic E-state index is 12.2. The van der Waals surface area contributed by atoms with Crippen molar-refractivity contribution in [2.24, 2.45) is 5.10 Å². The largest absolute Gasteiger partial charge is 0.454 e. The molecule has 6 aromatic rings. The van der Waals surface area contributed by atoms with Crippen LogP contribution in [0, 0.1) is 0 Å². The quantitative estimate of drug-likeness (QED) is 0.125. The summed E-state index contributed by atoms with van der Waals surface area (Å²) in [6.45, 7) is 1.94.